The molecule has 0 saturated heterocycles. The molecule has 1 amide bonds. The van der Waals surface area contributed by atoms with E-state index in [0.717, 1.165) is 24.6 Å². The highest BCUT2D eigenvalue weighted by Crippen LogP contribution is 2.32. The maximum Gasteiger partial charge on any atom is 0.416 e. The molecule has 7 nitrogen and oxygen atoms in total. The van der Waals surface area contributed by atoms with Gasteiger partial charge in [-0.2, -0.15) is 36.9 Å². The van der Waals surface area contributed by atoms with Gasteiger partial charge in [0.25, 0.3) is 0 Å². The average molecular weight is 609 g/mol. The third-order valence-corrected chi connectivity index (χ3v) is 5.27. The Morgan fingerprint density at radius 1 is 0.907 bits per heavy atom. The van der Waals surface area contributed by atoms with Crippen LogP contribution in [0, 0.1) is 35.4 Å². The molecule has 0 radical (unpaired) electrons. The first-order valence-corrected chi connectivity index (χ1v) is 12.1. The number of nitrogens with zero attached hydrogens (tertiary/aromatic N) is 6. The Kier molecular flexibility index (Phi) is 13.3. The van der Waals surface area contributed by atoms with Crippen molar-refractivity contribution in [1.82, 2.24) is 14.5 Å². The van der Waals surface area contributed by atoms with Gasteiger partial charge in [-0.25, -0.2) is 9.37 Å². The molecule has 0 saturated carbocycles. The summed E-state index contributed by atoms with van der Waals surface area (Å²) in [6.07, 6.45) is -1.29. The number of aliphatic imine (C=N–C) groups is 1. The van der Waals surface area contributed by atoms with E-state index in [2.05, 4.69) is 16.9 Å². The van der Waals surface area contributed by atoms with E-state index >= 15 is 0 Å². The normalized spacial score (nSPS) is 11.7. The lowest BCUT2D eigenvalue weighted by Gasteiger charge is -2.11. The van der Waals surface area contributed by atoms with Gasteiger partial charge in [0.2, 0.25) is 5.91 Å². The average Bonchev–Trinajstić information content (AvgIpc) is 3.58. The van der Waals surface area contributed by atoms with Crippen molar-refractivity contribution in [2.24, 2.45) is 4.99 Å². The minimum Gasteiger partial charge on any atom is -0.349 e. The van der Waals surface area contributed by atoms with Crippen LogP contribution in [0.5, 0.6) is 0 Å². The Bertz CT molecular complexity index is 1540. The Labute approximate surface area is 243 Å². The SMILES string of the molecule is CC(=O)N(C)C.CC1=CN=CC1.Cc1cncn1-c1cc(C#N)cc(C(F)(F)F)c1.N#Cc1cc(F)cc(C(F)(F)F)c1. The van der Waals surface area contributed by atoms with E-state index in [0.29, 0.717) is 17.8 Å². The van der Waals surface area contributed by atoms with Crippen LogP contribution >= 0.6 is 0 Å². The van der Waals surface area contributed by atoms with Crippen LogP contribution in [-0.4, -0.2) is 40.7 Å². The Morgan fingerprint density at radius 2 is 1.42 bits per heavy atom. The van der Waals surface area contributed by atoms with E-state index in [-0.39, 0.29) is 22.7 Å². The van der Waals surface area contributed by atoms with Crippen LogP contribution in [0.3, 0.4) is 0 Å². The molecule has 1 aliphatic heterocycles. The number of carbonyl (C=O) groups excluding carboxylic acids is 1. The number of alkyl halides is 6. The Hall–Kier alpha value is -4.98. The summed E-state index contributed by atoms with van der Waals surface area (Å²) in [4.78, 5) is 19.3. The standard InChI is InChI=1S/C12H8F3N3.C8H3F4N.C5H7N.C4H9NO/c1-8-6-17-7-18(8)11-3-9(5-16)2-10(4-11)12(13,14)15;9-7-2-5(4-13)1-6(3-7)8(10,11)12;1-5-2-3-6-4-5;1-4(6)5(2)3/h2-4,6-7H,1H3;1-3H;3-4H,2H2,1H3;1-3H3. The first-order valence-electron chi connectivity index (χ1n) is 12.1. The first kappa shape index (κ1) is 36.0. The van der Waals surface area contributed by atoms with Gasteiger partial charge in [-0.3, -0.25) is 9.79 Å². The van der Waals surface area contributed by atoms with Gasteiger partial charge < -0.3 is 9.47 Å². The molecule has 1 aromatic heterocycles. The summed E-state index contributed by atoms with van der Waals surface area (Å²) in [7, 11) is 3.45. The molecule has 4 rings (SSSR count). The lowest BCUT2D eigenvalue weighted by atomic mass is 10.1. The monoisotopic (exact) mass is 608 g/mol. The van der Waals surface area contributed by atoms with Gasteiger partial charge in [0.1, 0.15) is 5.82 Å². The first-order chi connectivity index (χ1) is 19.9. The molecule has 0 unspecified atom stereocenters. The molecule has 1 aliphatic rings. The number of carbonyl (C=O) groups is 1. The van der Waals surface area contributed by atoms with Crippen molar-refractivity contribution in [3.8, 4) is 17.8 Å². The van der Waals surface area contributed by atoms with Crippen LogP contribution in [0.4, 0.5) is 30.7 Å². The predicted octanol–water partition coefficient (Wildman–Crippen LogP) is 7.25. The maximum atomic E-state index is 12.7. The number of rotatable bonds is 1. The molecule has 0 fully saturated rings. The number of amides is 1. The molecule has 0 N–H and O–H groups in total. The van der Waals surface area contributed by atoms with E-state index in [4.69, 9.17) is 10.5 Å². The molecule has 2 aromatic carbocycles. The van der Waals surface area contributed by atoms with Gasteiger partial charge in [-0.15, -0.1) is 0 Å². The topological polar surface area (TPSA) is 98.1 Å². The van der Waals surface area contributed by atoms with Crippen molar-refractivity contribution >= 4 is 12.1 Å². The summed E-state index contributed by atoms with van der Waals surface area (Å²) < 4.78 is 88.1. The Balaban J connectivity index is 0.000000320. The largest absolute Gasteiger partial charge is 0.416 e. The van der Waals surface area contributed by atoms with Gasteiger partial charge in [-0.1, -0.05) is 0 Å². The summed E-state index contributed by atoms with van der Waals surface area (Å²) in [5.41, 5.74) is -0.0430. The number of imidazole rings is 1. The number of hydrogen-bond acceptors (Lipinski definition) is 5. The third-order valence-electron chi connectivity index (χ3n) is 5.27. The number of halogens is 7. The van der Waals surface area contributed by atoms with Crippen LogP contribution < -0.4 is 0 Å². The zero-order chi connectivity index (χ0) is 33.0. The molecule has 228 valence electrons. The summed E-state index contributed by atoms with van der Waals surface area (Å²) in [6, 6.07) is 8.08. The highest BCUT2D eigenvalue weighted by Gasteiger charge is 2.32. The van der Waals surface area contributed by atoms with E-state index in [1.165, 1.54) is 46.6 Å². The van der Waals surface area contributed by atoms with Crippen molar-refractivity contribution in [2.75, 3.05) is 14.1 Å². The smallest absolute Gasteiger partial charge is 0.349 e. The number of nitriles is 2. The number of allylic oxidation sites excluding steroid dienone is 1. The lowest BCUT2D eigenvalue weighted by Crippen LogP contribution is -2.17. The van der Waals surface area contributed by atoms with Crippen LogP contribution in [0.2, 0.25) is 0 Å². The van der Waals surface area contributed by atoms with Crippen molar-refractivity contribution in [3.05, 3.63) is 94.5 Å². The number of hydrogen-bond donors (Lipinski definition) is 0. The van der Waals surface area contributed by atoms with Gasteiger partial charge in [0.05, 0.1) is 40.7 Å². The highest BCUT2D eigenvalue weighted by molar-refractivity contribution is 5.72. The van der Waals surface area contributed by atoms with Crippen molar-refractivity contribution in [2.45, 2.75) is 39.5 Å². The second-order valence-electron chi connectivity index (χ2n) is 9.05. The summed E-state index contributed by atoms with van der Waals surface area (Å²) in [5, 5.41) is 17.0. The molecule has 43 heavy (non-hydrogen) atoms. The van der Waals surface area contributed by atoms with Crippen LogP contribution in [0.1, 0.15) is 48.2 Å². The van der Waals surface area contributed by atoms with E-state index < -0.39 is 29.3 Å². The van der Waals surface area contributed by atoms with Crippen molar-refractivity contribution < 1.29 is 35.5 Å². The Morgan fingerprint density at radius 3 is 1.77 bits per heavy atom. The maximum absolute atomic E-state index is 12.7. The van der Waals surface area contributed by atoms with Crippen molar-refractivity contribution in [3.63, 3.8) is 0 Å². The van der Waals surface area contributed by atoms with Gasteiger partial charge >= 0.3 is 12.4 Å². The fourth-order valence-electron chi connectivity index (χ4n) is 2.86. The molecule has 3 aromatic rings. The lowest BCUT2D eigenvalue weighted by molar-refractivity contribution is -0.138. The second kappa shape index (κ2) is 15.9. The molecule has 14 heteroatoms. The fourth-order valence-corrected chi connectivity index (χ4v) is 2.86. The predicted molar refractivity (Wildman–Crippen MR) is 145 cm³/mol. The second-order valence-corrected chi connectivity index (χ2v) is 9.05. The quantitative estimate of drug-likeness (QED) is 0.272. The molecular weight excluding hydrogens is 581 g/mol. The number of aryl methyl sites for hydroxylation is 1. The minimum absolute atomic E-state index is 0.0343. The minimum atomic E-state index is -4.62. The zero-order valence-corrected chi connectivity index (χ0v) is 23.7. The molecule has 0 atom stereocenters. The van der Waals surface area contributed by atoms with Crippen LogP contribution in [-0.2, 0) is 17.1 Å². The van der Waals surface area contributed by atoms with Crippen molar-refractivity contribution in [1.29, 1.82) is 10.5 Å². The van der Waals surface area contributed by atoms with E-state index in [9.17, 15) is 35.5 Å². The molecule has 0 spiro atoms. The summed E-state index contributed by atoms with van der Waals surface area (Å²) in [5.74, 6) is -0.971. The van der Waals surface area contributed by atoms with Gasteiger partial charge in [0.15, 0.2) is 0 Å². The fraction of sp³-hybridized carbons (Fsp3) is 0.276. The van der Waals surface area contributed by atoms with Crippen LogP contribution in [0.15, 0.2) is 65.7 Å². The summed E-state index contributed by atoms with van der Waals surface area (Å²) >= 11 is 0. The van der Waals surface area contributed by atoms with E-state index in [1.54, 1.807) is 27.1 Å². The molecular formula is C29H27F7N6O. The van der Waals surface area contributed by atoms with Gasteiger partial charge in [-0.05, 0) is 55.8 Å². The number of benzene rings is 2. The molecule has 0 aliphatic carbocycles. The molecule has 0 bridgehead atoms. The van der Waals surface area contributed by atoms with Crippen LogP contribution in [0.25, 0.3) is 5.69 Å². The summed E-state index contributed by atoms with van der Waals surface area (Å²) in [6.45, 7) is 5.33. The molecule has 2 heterocycles. The zero-order valence-electron chi connectivity index (χ0n) is 23.7. The highest BCUT2D eigenvalue weighted by atomic mass is 19.4. The number of aromatic nitrogens is 2. The van der Waals surface area contributed by atoms with Gasteiger partial charge in [0, 0.05) is 57.4 Å². The third kappa shape index (κ3) is 12.6. The van der Waals surface area contributed by atoms with E-state index in [1.807, 2.05) is 12.4 Å².